The Hall–Kier alpha value is -1.42. The SMILES string of the molecule is Brc1cncnc1Nc1ccc2c(c1)CCC2. The van der Waals surface area contributed by atoms with E-state index < -0.39 is 0 Å². The maximum absolute atomic E-state index is 4.20. The Bertz CT molecular complexity index is 554. The number of hydrogen-bond donors (Lipinski definition) is 1. The van der Waals surface area contributed by atoms with Crippen LogP contribution in [0.4, 0.5) is 11.5 Å². The molecule has 0 spiro atoms. The highest BCUT2D eigenvalue weighted by molar-refractivity contribution is 9.10. The predicted molar refractivity (Wildman–Crippen MR) is 71.5 cm³/mol. The van der Waals surface area contributed by atoms with Crippen molar-refractivity contribution in [3.63, 3.8) is 0 Å². The lowest BCUT2D eigenvalue weighted by Gasteiger charge is -2.08. The molecule has 0 aliphatic heterocycles. The summed E-state index contributed by atoms with van der Waals surface area (Å²) in [6.45, 7) is 0. The molecule has 1 aromatic heterocycles. The van der Waals surface area contributed by atoms with Gasteiger partial charge in [0.15, 0.2) is 0 Å². The molecule has 17 heavy (non-hydrogen) atoms. The molecule has 1 aromatic carbocycles. The molecule has 3 rings (SSSR count). The average Bonchev–Trinajstić information content (AvgIpc) is 2.79. The van der Waals surface area contributed by atoms with Crippen LogP contribution in [0.15, 0.2) is 35.2 Å². The molecule has 1 aliphatic carbocycles. The van der Waals surface area contributed by atoms with Crippen molar-refractivity contribution in [3.8, 4) is 0 Å². The highest BCUT2D eigenvalue weighted by Gasteiger charge is 2.11. The third-order valence-corrected chi connectivity index (χ3v) is 3.61. The fraction of sp³-hybridized carbons (Fsp3) is 0.231. The normalized spacial score (nSPS) is 13.5. The zero-order valence-electron chi connectivity index (χ0n) is 9.28. The highest BCUT2D eigenvalue weighted by Crippen LogP contribution is 2.27. The first kappa shape index (κ1) is 10.7. The van der Waals surface area contributed by atoms with E-state index in [2.05, 4.69) is 49.4 Å². The Morgan fingerprint density at radius 3 is 2.94 bits per heavy atom. The lowest BCUT2D eigenvalue weighted by atomic mass is 10.1. The smallest absolute Gasteiger partial charge is 0.148 e. The number of rotatable bonds is 2. The van der Waals surface area contributed by atoms with Crippen molar-refractivity contribution < 1.29 is 0 Å². The summed E-state index contributed by atoms with van der Waals surface area (Å²) in [6.07, 6.45) is 6.96. The minimum Gasteiger partial charge on any atom is -0.339 e. The first-order valence-corrected chi connectivity index (χ1v) is 6.46. The molecule has 2 aromatic rings. The monoisotopic (exact) mass is 289 g/mol. The molecule has 0 fully saturated rings. The van der Waals surface area contributed by atoms with Crippen molar-refractivity contribution in [2.24, 2.45) is 0 Å². The van der Waals surface area contributed by atoms with Gasteiger partial charge in [-0.1, -0.05) is 6.07 Å². The molecule has 1 aliphatic rings. The van der Waals surface area contributed by atoms with Gasteiger partial charge in [-0.25, -0.2) is 9.97 Å². The van der Waals surface area contributed by atoms with Crippen molar-refractivity contribution in [3.05, 3.63) is 46.3 Å². The Kier molecular flexibility index (Phi) is 2.81. The maximum atomic E-state index is 4.20. The van der Waals surface area contributed by atoms with Gasteiger partial charge >= 0.3 is 0 Å². The molecule has 0 saturated carbocycles. The zero-order valence-corrected chi connectivity index (χ0v) is 10.9. The van der Waals surface area contributed by atoms with Crippen LogP contribution >= 0.6 is 15.9 Å². The zero-order chi connectivity index (χ0) is 11.7. The van der Waals surface area contributed by atoms with E-state index in [9.17, 15) is 0 Å². The molecular formula is C13H12BrN3. The summed E-state index contributed by atoms with van der Waals surface area (Å²) in [6, 6.07) is 6.54. The first-order chi connectivity index (χ1) is 8.33. The van der Waals surface area contributed by atoms with Gasteiger partial charge < -0.3 is 5.32 Å². The first-order valence-electron chi connectivity index (χ1n) is 5.67. The molecule has 0 bridgehead atoms. The quantitative estimate of drug-likeness (QED) is 0.920. The molecule has 86 valence electrons. The number of benzene rings is 1. The van der Waals surface area contributed by atoms with Crippen LogP contribution in [0, 0.1) is 0 Å². The van der Waals surface area contributed by atoms with Crippen LogP contribution in [0.3, 0.4) is 0 Å². The van der Waals surface area contributed by atoms with Crippen molar-refractivity contribution in [1.82, 2.24) is 9.97 Å². The van der Waals surface area contributed by atoms with Gasteiger partial charge in [0.05, 0.1) is 4.47 Å². The van der Waals surface area contributed by atoms with E-state index in [1.165, 1.54) is 30.4 Å². The molecule has 0 radical (unpaired) electrons. The Labute approximate surface area is 108 Å². The second-order valence-electron chi connectivity index (χ2n) is 4.18. The predicted octanol–water partition coefficient (Wildman–Crippen LogP) is 3.47. The summed E-state index contributed by atoms with van der Waals surface area (Å²) in [7, 11) is 0. The molecule has 0 saturated heterocycles. The molecular weight excluding hydrogens is 278 g/mol. The summed E-state index contributed by atoms with van der Waals surface area (Å²) in [5.74, 6) is 0.804. The summed E-state index contributed by atoms with van der Waals surface area (Å²) in [5, 5.41) is 3.30. The van der Waals surface area contributed by atoms with E-state index in [0.29, 0.717) is 0 Å². The summed E-state index contributed by atoms with van der Waals surface area (Å²) in [5.41, 5.74) is 4.03. The van der Waals surface area contributed by atoms with Crippen molar-refractivity contribution in [2.75, 3.05) is 5.32 Å². The molecule has 3 nitrogen and oxygen atoms in total. The van der Waals surface area contributed by atoms with Gasteiger partial charge in [-0.2, -0.15) is 0 Å². The molecule has 0 amide bonds. The topological polar surface area (TPSA) is 37.8 Å². The Morgan fingerprint density at radius 2 is 2.06 bits per heavy atom. The Morgan fingerprint density at radius 1 is 1.18 bits per heavy atom. The average molecular weight is 290 g/mol. The molecule has 0 unspecified atom stereocenters. The number of hydrogen-bond acceptors (Lipinski definition) is 3. The fourth-order valence-electron chi connectivity index (χ4n) is 2.19. The lowest BCUT2D eigenvalue weighted by Crippen LogP contribution is -1.96. The van der Waals surface area contributed by atoms with Crippen LogP contribution in [0.1, 0.15) is 17.5 Å². The highest BCUT2D eigenvalue weighted by atomic mass is 79.9. The number of aryl methyl sites for hydroxylation is 2. The minimum atomic E-state index is 0.804. The van der Waals surface area contributed by atoms with Gasteiger partial charge in [-0.15, -0.1) is 0 Å². The number of nitrogens with one attached hydrogen (secondary N) is 1. The van der Waals surface area contributed by atoms with Gasteiger partial charge in [-0.05, 0) is 58.5 Å². The number of nitrogens with zero attached hydrogens (tertiary/aromatic N) is 2. The van der Waals surface area contributed by atoms with E-state index in [0.717, 1.165) is 16.0 Å². The number of halogens is 1. The second kappa shape index (κ2) is 4.45. The molecule has 4 heteroatoms. The van der Waals surface area contributed by atoms with E-state index in [1.54, 1.807) is 12.5 Å². The van der Waals surface area contributed by atoms with Crippen LogP contribution < -0.4 is 5.32 Å². The third kappa shape index (κ3) is 2.17. The van der Waals surface area contributed by atoms with Crippen LogP contribution in [0.25, 0.3) is 0 Å². The summed E-state index contributed by atoms with van der Waals surface area (Å²) < 4.78 is 0.875. The van der Waals surface area contributed by atoms with Crippen molar-refractivity contribution in [1.29, 1.82) is 0 Å². The van der Waals surface area contributed by atoms with E-state index in [-0.39, 0.29) is 0 Å². The maximum Gasteiger partial charge on any atom is 0.148 e. The molecule has 1 N–H and O–H groups in total. The number of fused-ring (bicyclic) bond motifs is 1. The van der Waals surface area contributed by atoms with E-state index in [4.69, 9.17) is 0 Å². The molecule has 1 heterocycles. The second-order valence-corrected chi connectivity index (χ2v) is 5.04. The van der Waals surface area contributed by atoms with Crippen molar-refractivity contribution >= 4 is 27.4 Å². The third-order valence-electron chi connectivity index (χ3n) is 3.03. The minimum absolute atomic E-state index is 0.804. The largest absolute Gasteiger partial charge is 0.339 e. The van der Waals surface area contributed by atoms with Crippen LogP contribution in [0.5, 0.6) is 0 Å². The summed E-state index contributed by atoms with van der Waals surface area (Å²) >= 11 is 3.43. The van der Waals surface area contributed by atoms with E-state index in [1.807, 2.05) is 0 Å². The van der Waals surface area contributed by atoms with Crippen LogP contribution in [0.2, 0.25) is 0 Å². The lowest BCUT2D eigenvalue weighted by molar-refractivity contribution is 0.912. The van der Waals surface area contributed by atoms with Crippen molar-refractivity contribution in [2.45, 2.75) is 19.3 Å². The van der Waals surface area contributed by atoms with Crippen LogP contribution in [-0.4, -0.2) is 9.97 Å². The van der Waals surface area contributed by atoms with Gasteiger partial charge in [0.1, 0.15) is 12.1 Å². The van der Waals surface area contributed by atoms with E-state index >= 15 is 0 Å². The van der Waals surface area contributed by atoms with Gasteiger partial charge in [0.2, 0.25) is 0 Å². The van der Waals surface area contributed by atoms with Gasteiger partial charge in [0, 0.05) is 11.9 Å². The Balaban J connectivity index is 1.89. The van der Waals surface area contributed by atoms with Crippen LogP contribution in [-0.2, 0) is 12.8 Å². The molecule has 0 atom stereocenters. The number of anilines is 2. The summed E-state index contributed by atoms with van der Waals surface area (Å²) in [4.78, 5) is 8.14. The van der Waals surface area contributed by atoms with Gasteiger partial charge in [-0.3, -0.25) is 0 Å². The number of aromatic nitrogens is 2. The van der Waals surface area contributed by atoms with Gasteiger partial charge in [0.25, 0.3) is 0 Å². The fourth-order valence-corrected chi connectivity index (χ4v) is 2.51. The standard InChI is InChI=1S/C13H12BrN3/c14-12-7-15-8-16-13(12)17-11-5-4-9-2-1-3-10(9)6-11/h4-8H,1-3H2,(H,15,16,17).